The molecule has 1 unspecified atom stereocenters. The van der Waals surface area contributed by atoms with Gasteiger partial charge < -0.3 is 10.1 Å². The van der Waals surface area contributed by atoms with Gasteiger partial charge in [0, 0.05) is 31.4 Å². The van der Waals surface area contributed by atoms with Crippen LogP contribution in [0.15, 0.2) is 41.6 Å². The molecule has 0 spiro atoms. The summed E-state index contributed by atoms with van der Waals surface area (Å²) in [6.45, 7) is 11.0. The number of benzene rings is 1. The van der Waals surface area contributed by atoms with Crippen molar-refractivity contribution in [3.05, 3.63) is 47.2 Å². The zero-order chi connectivity index (χ0) is 20.1. The van der Waals surface area contributed by atoms with Crippen molar-refractivity contribution < 1.29 is 14.3 Å². The van der Waals surface area contributed by atoms with Gasteiger partial charge >= 0.3 is 12.0 Å². The number of likely N-dealkylation sites (N-methyl/N-ethyl adjacent to an activating group) is 1. The molecule has 2 amide bonds. The summed E-state index contributed by atoms with van der Waals surface area (Å²) in [7, 11) is 1.70. The maximum atomic E-state index is 12.9. The van der Waals surface area contributed by atoms with Crippen molar-refractivity contribution in [3.8, 4) is 0 Å². The van der Waals surface area contributed by atoms with Crippen LogP contribution in [-0.4, -0.2) is 54.1 Å². The second kappa shape index (κ2) is 9.04. The van der Waals surface area contributed by atoms with Gasteiger partial charge in [-0.05, 0) is 40.2 Å². The lowest BCUT2D eigenvalue weighted by Crippen LogP contribution is -2.50. The molecular weight excluding hydrogens is 342 g/mol. The van der Waals surface area contributed by atoms with Gasteiger partial charge in [0.25, 0.3) is 0 Å². The minimum absolute atomic E-state index is 0.223. The molecule has 6 nitrogen and oxygen atoms in total. The fourth-order valence-corrected chi connectivity index (χ4v) is 3.43. The Morgan fingerprint density at radius 2 is 1.78 bits per heavy atom. The predicted molar refractivity (Wildman–Crippen MR) is 106 cm³/mol. The number of carbonyl (C=O) groups is 2. The summed E-state index contributed by atoms with van der Waals surface area (Å²) in [6.07, 6.45) is 0. The number of esters is 1. The third-order valence-electron chi connectivity index (χ3n) is 4.86. The van der Waals surface area contributed by atoms with E-state index in [9.17, 15) is 9.59 Å². The maximum Gasteiger partial charge on any atom is 0.338 e. The number of nitrogens with zero attached hydrogens (tertiary/aromatic N) is 2. The molecule has 0 saturated carbocycles. The van der Waals surface area contributed by atoms with E-state index in [1.54, 1.807) is 14.0 Å². The van der Waals surface area contributed by atoms with Gasteiger partial charge in [0.15, 0.2) is 0 Å². The Hall–Kier alpha value is -2.34. The average molecular weight is 373 g/mol. The van der Waals surface area contributed by atoms with E-state index in [0.29, 0.717) is 17.8 Å². The number of hydrogen-bond acceptors (Lipinski definition) is 4. The van der Waals surface area contributed by atoms with Gasteiger partial charge in [-0.2, -0.15) is 0 Å². The molecular formula is C21H31N3O3. The molecule has 6 heteroatoms. The van der Waals surface area contributed by atoms with Crippen molar-refractivity contribution in [2.24, 2.45) is 0 Å². The van der Waals surface area contributed by atoms with Crippen LogP contribution in [-0.2, 0) is 9.53 Å². The SMILES string of the molecule is CCOC(=O)C1=C(CN(C(C)C)C(C)C)N(C)C(=O)NC1c1ccccc1. The van der Waals surface area contributed by atoms with Crippen LogP contribution in [0.4, 0.5) is 4.79 Å². The third kappa shape index (κ3) is 4.69. The van der Waals surface area contributed by atoms with Gasteiger partial charge in [-0.15, -0.1) is 0 Å². The van der Waals surface area contributed by atoms with Crippen molar-refractivity contribution in [1.82, 2.24) is 15.1 Å². The minimum Gasteiger partial charge on any atom is -0.463 e. The van der Waals surface area contributed by atoms with E-state index in [1.807, 2.05) is 30.3 Å². The molecule has 1 atom stereocenters. The van der Waals surface area contributed by atoms with Crippen molar-refractivity contribution in [2.75, 3.05) is 20.2 Å². The summed E-state index contributed by atoms with van der Waals surface area (Å²) in [5.41, 5.74) is 2.05. The number of hydrogen-bond donors (Lipinski definition) is 1. The second-order valence-corrected chi connectivity index (χ2v) is 7.29. The molecule has 0 bridgehead atoms. The molecule has 0 saturated heterocycles. The highest BCUT2D eigenvalue weighted by molar-refractivity contribution is 5.95. The maximum absolute atomic E-state index is 12.9. The molecule has 1 heterocycles. The van der Waals surface area contributed by atoms with Crippen LogP contribution >= 0.6 is 0 Å². The van der Waals surface area contributed by atoms with Gasteiger partial charge in [-0.25, -0.2) is 9.59 Å². The van der Waals surface area contributed by atoms with Crippen LogP contribution in [0.3, 0.4) is 0 Å². The summed E-state index contributed by atoms with van der Waals surface area (Å²) < 4.78 is 5.36. The summed E-state index contributed by atoms with van der Waals surface area (Å²) >= 11 is 0. The molecule has 27 heavy (non-hydrogen) atoms. The molecule has 0 aromatic heterocycles. The first kappa shape index (κ1) is 21.0. The van der Waals surface area contributed by atoms with E-state index in [2.05, 4.69) is 37.9 Å². The van der Waals surface area contributed by atoms with Crippen molar-refractivity contribution in [2.45, 2.75) is 52.7 Å². The molecule has 1 aromatic rings. The van der Waals surface area contributed by atoms with Crippen LogP contribution in [0.25, 0.3) is 0 Å². The Morgan fingerprint density at radius 1 is 1.19 bits per heavy atom. The Kier molecular flexibility index (Phi) is 7.02. The number of ether oxygens (including phenoxy) is 1. The van der Waals surface area contributed by atoms with Crippen molar-refractivity contribution in [1.29, 1.82) is 0 Å². The zero-order valence-electron chi connectivity index (χ0n) is 17.2. The van der Waals surface area contributed by atoms with Crippen LogP contribution < -0.4 is 5.32 Å². The highest BCUT2D eigenvalue weighted by Crippen LogP contribution is 2.31. The molecule has 2 rings (SSSR count). The zero-order valence-corrected chi connectivity index (χ0v) is 17.2. The van der Waals surface area contributed by atoms with E-state index in [-0.39, 0.29) is 30.7 Å². The number of nitrogens with one attached hydrogen (secondary N) is 1. The van der Waals surface area contributed by atoms with Gasteiger partial charge in [0.1, 0.15) is 0 Å². The Bertz CT molecular complexity index is 690. The number of urea groups is 1. The minimum atomic E-state index is -0.523. The fourth-order valence-electron chi connectivity index (χ4n) is 3.43. The third-order valence-corrected chi connectivity index (χ3v) is 4.86. The monoisotopic (exact) mass is 373 g/mol. The molecule has 0 fully saturated rings. The molecule has 0 radical (unpaired) electrons. The molecule has 1 aromatic carbocycles. The first-order valence-electron chi connectivity index (χ1n) is 9.52. The lowest BCUT2D eigenvalue weighted by atomic mass is 9.94. The van der Waals surface area contributed by atoms with E-state index in [4.69, 9.17) is 4.74 Å². The van der Waals surface area contributed by atoms with E-state index < -0.39 is 6.04 Å². The quantitative estimate of drug-likeness (QED) is 0.745. The highest BCUT2D eigenvalue weighted by Gasteiger charge is 2.37. The van der Waals surface area contributed by atoms with Gasteiger partial charge in [-0.3, -0.25) is 9.80 Å². The lowest BCUT2D eigenvalue weighted by molar-refractivity contribution is -0.139. The Morgan fingerprint density at radius 3 is 2.30 bits per heavy atom. The first-order chi connectivity index (χ1) is 12.8. The van der Waals surface area contributed by atoms with E-state index >= 15 is 0 Å². The summed E-state index contributed by atoms with van der Waals surface area (Å²) in [5.74, 6) is -0.388. The standard InChI is InChI=1S/C21H31N3O3/c1-7-27-20(25)18-17(13-24(14(2)3)15(4)5)23(6)21(26)22-19(18)16-11-9-8-10-12-16/h8-12,14-15,19H,7,13H2,1-6H3,(H,22,26). The van der Waals surface area contributed by atoms with Crippen LogP contribution in [0.1, 0.15) is 46.2 Å². The normalized spacial score (nSPS) is 17.7. The number of amides is 2. The van der Waals surface area contributed by atoms with E-state index in [0.717, 1.165) is 5.56 Å². The number of rotatable bonds is 7. The summed E-state index contributed by atoms with van der Waals surface area (Å²) in [4.78, 5) is 29.3. The summed E-state index contributed by atoms with van der Waals surface area (Å²) in [5, 5.41) is 2.94. The number of carbonyl (C=O) groups excluding carboxylic acids is 2. The lowest BCUT2D eigenvalue weighted by Gasteiger charge is -2.39. The Balaban J connectivity index is 2.59. The van der Waals surface area contributed by atoms with Gasteiger partial charge in [-0.1, -0.05) is 30.3 Å². The van der Waals surface area contributed by atoms with Gasteiger partial charge in [0.2, 0.25) is 0 Å². The van der Waals surface area contributed by atoms with Crippen LogP contribution in [0, 0.1) is 0 Å². The molecule has 0 aliphatic carbocycles. The van der Waals surface area contributed by atoms with Crippen molar-refractivity contribution >= 4 is 12.0 Å². The fraction of sp³-hybridized carbons (Fsp3) is 0.524. The van der Waals surface area contributed by atoms with E-state index in [1.165, 1.54) is 4.90 Å². The van der Waals surface area contributed by atoms with Crippen molar-refractivity contribution in [3.63, 3.8) is 0 Å². The summed E-state index contributed by atoms with van der Waals surface area (Å²) in [6, 6.07) is 9.33. The van der Waals surface area contributed by atoms with Crippen LogP contribution in [0.2, 0.25) is 0 Å². The Labute approximate surface area is 162 Å². The van der Waals surface area contributed by atoms with Crippen LogP contribution in [0.5, 0.6) is 0 Å². The predicted octanol–water partition coefficient (Wildman–Crippen LogP) is 3.32. The highest BCUT2D eigenvalue weighted by atomic mass is 16.5. The molecule has 1 aliphatic rings. The largest absolute Gasteiger partial charge is 0.463 e. The molecule has 148 valence electrons. The molecule has 1 aliphatic heterocycles. The average Bonchev–Trinajstić information content (AvgIpc) is 2.62. The topological polar surface area (TPSA) is 61.9 Å². The second-order valence-electron chi connectivity index (χ2n) is 7.29. The molecule has 1 N–H and O–H groups in total. The first-order valence-corrected chi connectivity index (χ1v) is 9.52. The smallest absolute Gasteiger partial charge is 0.338 e. The van der Waals surface area contributed by atoms with Gasteiger partial charge in [0.05, 0.1) is 18.2 Å².